The van der Waals surface area contributed by atoms with Crippen LogP contribution < -0.4 is 0 Å². The second-order valence-corrected chi connectivity index (χ2v) is 22.3. The Labute approximate surface area is 453 Å². The van der Waals surface area contributed by atoms with Crippen molar-refractivity contribution in [1.82, 2.24) is 4.90 Å². The van der Waals surface area contributed by atoms with Crippen molar-refractivity contribution in [2.24, 2.45) is 35.5 Å². The van der Waals surface area contributed by atoms with E-state index in [1.54, 1.807) is 34.0 Å². The van der Waals surface area contributed by atoms with Crippen molar-refractivity contribution in [3.05, 3.63) is 47.6 Å². The van der Waals surface area contributed by atoms with Gasteiger partial charge in [0.25, 0.3) is 11.7 Å². The maximum absolute atomic E-state index is 14.6. The molecule has 3 heterocycles. The number of ether oxygens (including phenoxy) is 8. The predicted octanol–water partition coefficient (Wildman–Crippen LogP) is 7.01. The second-order valence-electron chi connectivity index (χ2n) is 22.3. The summed E-state index contributed by atoms with van der Waals surface area (Å²) in [5.74, 6) is -8.05. The van der Waals surface area contributed by atoms with E-state index in [2.05, 4.69) is 0 Å². The van der Waals surface area contributed by atoms with Crippen molar-refractivity contribution >= 4 is 29.2 Å². The van der Waals surface area contributed by atoms with Gasteiger partial charge in [0.05, 0.1) is 70.2 Å². The van der Waals surface area contributed by atoms with Gasteiger partial charge in [-0.1, -0.05) is 71.1 Å². The minimum atomic E-state index is -2.45. The van der Waals surface area contributed by atoms with E-state index in [0.29, 0.717) is 89.8 Å². The fourth-order valence-electron chi connectivity index (χ4n) is 11.1. The van der Waals surface area contributed by atoms with Gasteiger partial charge in [0.2, 0.25) is 5.79 Å². The average Bonchev–Trinajstić information content (AvgIpc) is 3.39. The first kappa shape index (κ1) is 65.0. The number of Topliss-reactive ketones (excluding diaryl/α,β-unsaturated/α-hetero) is 3. The van der Waals surface area contributed by atoms with Crippen LogP contribution in [0.25, 0.3) is 0 Å². The van der Waals surface area contributed by atoms with Gasteiger partial charge in [-0.3, -0.25) is 19.2 Å². The Balaban J connectivity index is 1.65. The summed E-state index contributed by atoms with van der Waals surface area (Å²) in [4.78, 5) is 72.9. The number of ketones is 3. The van der Waals surface area contributed by atoms with Crippen LogP contribution in [0.1, 0.15) is 139 Å². The van der Waals surface area contributed by atoms with Gasteiger partial charge in [-0.25, -0.2) is 4.79 Å². The van der Waals surface area contributed by atoms with Crippen LogP contribution in [-0.2, 0) is 61.9 Å². The smallest absolute Gasteiger partial charge is 0.329 e. The number of carbonyl (C=O) groups excluding carboxylic acids is 5. The molecule has 0 aromatic heterocycles. The lowest BCUT2D eigenvalue weighted by Gasteiger charge is -2.43. The van der Waals surface area contributed by atoms with Gasteiger partial charge in [-0.2, -0.15) is 0 Å². The molecule has 3 aliphatic heterocycles. The van der Waals surface area contributed by atoms with Crippen molar-refractivity contribution in [2.75, 3.05) is 60.4 Å². The molecule has 17 heteroatoms. The van der Waals surface area contributed by atoms with E-state index in [1.165, 1.54) is 12.0 Å². The SMILES string of the molecule is CO[C@@H]1C[C@H](C[C@@H](C)[C@@H]2CC(=O)[C@H](C)/C=C(\C)[C@@H](O)[C@@H](OC)C(=O)[C@H](C)C[C@H](C)/C=C/C=C/C=C(\C)[C@@H](OC(C)C)C[C@@H]3CC[C@@H](C)[C@@](O)(O3)C(=O)C(=O)N3CCCC[C@H]3C(=O)O2)CC[C@H]1OCCOCCOCCO. The third-order valence-corrected chi connectivity index (χ3v) is 15.8. The number of piperidine rings is 1. The molecular formula is C59H95NO16. The zero-order chi connectivity index (χ0) is 56.1. The van der Waals surface area contributed by atoms with Gasteiger partial charge in [-0.15, -0.1) is 0 Å². The summed E-state index contributed by atoms with van der Waals surface area (Å²) in [6.07, 6.45) is 11.8. The summed E-state index contributed by atoms with van der Waals surface area (Å²) >= 11 is 0. The van der Waals surface area contributed by atoms with Crippen molar-refractivity contribution in [1.29, 1.82) is 0 Å². The molecule has 1 amide bonds. The Kier molecular flexibility index (Phi) is 27.9. The van der Waals surface area contributed by atoms with Gasteiger partial charge in [0, 0.05) is 51.4 Å². The summed E-state index contributed by atoms with van der Waals surface area (Å²) in [6, 6.07) is -1.16. The monoisotopic (exact) mass is 1070 g/mol. The number of hydrogen-bond donors (Lipinski definition) is 3. The predicted molar refractivity (Wildman–Crippen MR) is 287 cm³/mol. The minimum Gasteiger partial charge on any atom is -0.460 e. The summed E-state index contributed by atoms with van der Waals surface area (Å²) in [7, 11) is 3.04. The number of fused-ring (bicyclic) bond motifs is 3. The van der Waals surface area contributed by atoms with Gasteiger partial charge >= 0.3 is 5.97 Å². The highest BCUT2D eigenvalue weighted by Gasteiger charge is 2.53. The first-order valence-corrected chi connectivity index (χ1v) is 28.1. The normalized spacial score (nSPS) is 36.4. The molecule has 0 radical (unpaired) electrons. The Morgan fingerprint density at radius 3 is 2.20 bits per heavy atom. The van der Waals surface area contributed by atoms with E-state index in [0.717, 1.165) is 12.0 Å². The molecule has 0 spiro atoms. The Morgan fingerprint density at radius 1 is 0.803 bits per heavy atom. The van der Waals surface area contributed by atoms with E-state index in [1.807, 2.05) is 71.9 Å². The van der Waals surface area contributed by atoms with Crippen LogP contribution in [0, 0.1) is 35.5 Å². The van der Waals surface area contributed by atoms with Gasteiger partial charge in [0.15, 0.2) is 5.78 Å². The van der Waals surface area contributed by atoms with Gasteiger partial charge < -0.3 is 58.1 Å². The molecule has 0 aromatic rings. The molecule has 0 unspecified atom stereocenters. The maximum Gasteiger partial charge on any atom is 0.329 e. The van der Waals surface area contributed by atoms with Crippen LogP contribution in [0.3, 0.4) is 0 Å². The number of carbonyl (C=O) groups is 5. The zero-order valence-corrected chi connectivity index (χ0v) is 47.7. The zero-order valence-electron chi connectivity index (χ0n) is 47.7. The average molecular weight is 1070 g/mol. The number of hydrogen-bond acceptors (Lipinski definition) is 16. The molecule has 0 aromatic carbocycles. The Hall–Kier alpha value is -3.49. The van der Waals surface area contributed by atoms with Crippen molar-refractivity contribution in [3.63, 3.8) is 0 Å². The van der Waals surface area contributed by atoms with Crippen LogP contribution in [0.15, 0.2) is 47.6 Å². The number of allylic oxidation sites excluding steroid dienone is 6. The van der Waals surface area contributed by atoms with Crippen LogP contribution in [0.5, 0.6) is 0 Å². The highest BCUT2D eigenvalue weighted by atomic mass is 16.6. The summed E-state index contributed by atoms with van der Waals surface area (Å²) < 4.78 is 47.6. The number of aliphatic hydroxyl groups excluding tert-OH is 2. The van der Waals surface area contributed by atoms with Gasteiger partial charge in [0.1, 0.15) is 30.1 Å². The van der Waals surface area contributed by atoms with Crippen LogP contribution in [-0.4, -0.2) is 171 Å². The first-order valence-electron chi connectivity index (χ1n) is 28.1. The van der Waals surface area contributed by atoms with E-state index < -0.39 is 77.8 Å². The number of nitrogens with zero attached hydrogens (tertiary/aromatic N) is 1. The number of amides is 1. The van der Waals surface area contributed by atoms with Crippen LogP contribution in [0.2, 0.25) is 0 Å². The molecule has 1 aliphatic carbocycles. The molecule has 3 N–H and O–H groups in total. The fourth-order valence-corrected chi connectivity index (χ4v) is 11.1. The number of rotatable bonds is 16. The maximum atomic E-state index is 14.6. The molecule has 4 rings (SSSR count). The number of methoxy groups -OCH3 is 2. The molecule has 3 fully saturated rings. The molecule has 76 heavy (non-hydrogen) atoms. The summed E-state index contributed by atoms with van der Waals surface area (Å²) in [6.45, 7) is 18.4. The fraction of sp³-hybridized carbons (Fsp3) is 0.780. The molecule has 2 bridgehead atoms. The standard InChI is InChI=1S/C59H95NO16/c1-37(2)74-50-35-46-22-20-44(9)59(68,76-46)56(65)57(66)60-24-16-15-19-47(60)58(67)75-51(41(6)33-45-21-23-49(52(34-45)69-10)73-30-29-72-28-27-71-26-25-61)36-48(62)40(5)32-43(8)54(64)55(70-11)53(63)42(7)31-38(3)17-13-12-14-18-39(50)4/h12-14,17-18,32,37-38,40-42,44-47,49-52,54-55,61,64,68H,15-16,19-31,33-36H2,1-11H3/b14-12+,17-13+,39-18+,43-32+/t38-,40-,41-,42-,44-,45+,46+,47+,49-,50+,51+,52-,54-,55+,59-/m1/s1. The first-order chi connectivity index (χ1) is 36.1. The number of cyclic esters (lactones) is 1. The molecule has 15 atom stereocenters. The van der Waals surface area contributed by atoms with Crippen molar-refractivity contribution in [3.8, 4) is 0 Å². The van der Waals surface area contributed by atoms with E-state index >= 15 is 0 Å². The molecule has 432 valence electrons. The molecular weight excluding hydrogens is 979 g/mol. The van der Waals surface area contributed by atoms with Gasteiger partial charge in [-0.05, 0) is 121 Å². The third-order valence-electron chi connectivity index (χ3n) is 15.8. The largest absolute Gasteiger partial charge is 0.460 e. The molecule has 4 aliphatic rings. The lowest BCUT2D eigenvalue weighted by molar-refractivity contribution is -0.266. The molecule has 17 nitrogen and oxygen atoms in total. The lowest BCUT2D eigenvalue weighted by Crippen LogP contribution is -2.61. The van der Waals surface area contributed by atoms with E-state index in [4.69, 9.17) is 43.0 Å². The minimum absolute atomic E-state index is 0.00611. The highest BCUT2D eigenvalue weighted by Crippen LogP contribution is 2.38. The highest BCUT2D eigenvalue weighted by molar-refractivity contribution is 6.39. The van der Waals surface area contributed by atoms with Crippen molar-refractivity contribution < 1.29 is 77.2 Å². The second kappa shape index (κ2) is 32.6. The number of aliphatic hydroxyl groups is 3. The lowest BCUT2D eigenvalue weighted by atomic mass is 9.78. The third kappa shape index (κ3) is 19.4. The molecule has 1 saturated carbocycles. The summed E-state index contributed by atoms with van der Waals surface area (Å²) in [5.41, 5.74) is 1.28. The van der Waals surface area contributed by atoms with E-state index in [-0.39, 0.29) is 80.2 Å². The number of esters is 1. The Morgan fingerprint density at radius 2 is 1.51 bits per heavy atom. The topological polar surface area (TPSA) is 223 Å². The van der Waals surface area contributed by atoms with Crippen LogP contribution in [0.4, 0.5) is 0 Å². The van der Waals surface area contributed by atoms with E-state index in [9.17, 15) is 34.2 Å². The van der Waals surface area contributed by atoms with Crippen LogP contribution >= 0.6 is 0 Å². The Bertz CT molecular complexity index is 1970. The summed E-state index contributed by atoms with van der Waals surface area (Å²) in [5, 5.41) is 32.6. The molecule has 2 saturated heterocycles. The van der Waals surface area contributed by atoms with Crippen molar-refractivity contribution in [2.45, 2.75) is 200 Å². The quantitative estimate of drug-likeness (QED) is 0.0612.